The smallest absolute Gasteiger partial charge is 0.225 e. The van der Waals surface area contributed by atoms with E-state index in [9.17, 15) is 4.79 Å². The number of rotatable bonds is 4. The van der Waals surface area contributed by atoms with Crippen LogP contribution in [0.2, 0.25) is 0 Å². The summed E-state index contributed by atoms with van der Waals surface area (Å²) >= 11 is 0. The average molecular weight is 276 g/mol. The Hall–Kier alpha value is -2.68. The van der Waals surface area contributed by atoms with Crippen LogP contribution in [0.4, 0.5) is 0 Å². The fraction of sp³-hybridized carbons (Fsp3) is 0.111. The third-order valence-electron chi connectivity index (χ3n) is 3.74. The lowest BCUT2D eigenvalue weighted by Gasteiger charge is -2.15. The van der Waals surface area contributed by atoms with Crippen LogP contribution >= 0.6 is 0 Å². The number of carbonyl (C=O) groups is 1. The zero-order chi connectivity index (χ0) is 14.7. The number of carbonyl (C=O) groups excluding carboxylic acids is 1. The van der Waals surface area contributed by atoms with Gasteiger partial charge in [0.2, 0.25) is 5.91 Å². The monoisotopic (exact) mass is 276 g/mol. The summed E-state index contributed by atoms with van der Waals surface area (Å²) in [7, 11) is 0. The van der Waals surface area contributed by atoms with E-state index in [2.05, 4.69) is 4.98 Å². The first-order valence-electron chi connectivity index (χ1n) is 6.91. The second-order valence-corrected chi connectivity index (χ2v) is 5.08. The molecule has 0 radical (unpaired) electrons. The lowest BCUT2D eigenvalue weighted by molar-refractivity contribution is -0.119. The van der Waals surface area contributed by atoms with Gasteiger partial charge in [0.1, 0.15) is 0 Å². The minimum absolute atomic E-state index is 0.299. The summed E-state index contributed by atoms with van der Waals surface area (Å²) in [5, 5.41) is 2.20. The van der Waals surface area contributed by atoms with E-state index in [4.69, 9.17) is 5.73 Å². The van der Waals surface area contributed by atoms with Gasteiger partial charge in [-0.3, -0.25) is 9.78 Å². The summed E-state index contributed by atoms with van der Waals surface area (Å²) in [5.41, 5.74) is 7.68. The maximum Gasteiger partial charge on any atom is 0.225 e. The van der Waals surface area contributed by atoms with Crippen LogP contribution in [-0.2, 0) is 11.2 Å². The van der Waals surface area contributed by atoms with E-state index in [1.807, 2.05) is 60.8 Å². The maximum absolute atomic E-state index is 11.9. The summed E-state index contributed by atoms with van der Waals surface area (Å²) in [4.78, 5) is 16.0. The molecule has 0 saturated heterocycles. The standard InChI is InChI=1S/C18H16N2O/c19-18(21)17(13-5-2-1-3-6-13)11-14-7-4-8-15-12-20-10-9-16(14)15/h1-10,12,17H,11H2,(H2,19,21). The Morgan fingerprint density at radius 3 is 2.62 bits per heavy atom. The highest BCUT2D eigenvalue weighted by atomic mass is 16.1. The minimum atomic E-state index is -0.315. The zero-order valence-corrected chi connectivity index (χ0v) is 11.6. The van der Waals surface area contributed by atoms with Crippen molar-refractivity contribution in [3.8, 4) is 0 Å². The molecule has 2 aromatic carbocycles. The van der Waals surface area contributed by atoms with E-state index >= 15 is 0 Å². The highest BCUT2D eigenvalue weighted by Gasteiger charge is 2.19. The van der Waals surface area contributed by atoms with Gasteiger partial charge in [-0.15, -0.1) is 0 Å². The molecule has 0 fully saturated rings. The van der Waals surface area contributed by atoms with Gasteiger partial charge >= 0.3 is 0 Å². The van der Waals surface area contributed by atoms with Gasteiger partial charge in [-0.1, -0.05) is 48.5 Å². The number of nitrogens with two attached hydrogens (primary N) is 1. The molecule has 21 heavy (non-hydrogen) atoms. The fourth-order valence-corrected chi connectivity index (χ4v) is 2.66. The molecular weight excluding hydrogens is 260 g/mol. The molecule has 1 unspecified atom stereocenters. The number of primary amides is 1. The number of fused-ring (bicyclic) bond motifs is 1. The van der Waals surface area contributed by atoms with Gasteiger partial charge in [0.05, 0.1) is 5.92 Å². The minimum Gasteiger partial charge on any atom is -0.369 e. The number of amides is 1. The summed E-state index contributed by atoms with van der Waals surface area (Å²) in [5.74, 6) is -0.614. The molecule has 3 aromatic rings. The fourth-order valence-electron chi connectivity index (χ4n) is 2.66. The van der Waals surface area contributed by atoms with Crippen LogP contribution < -0.4 is 5.73 Å². The van der Waals surface area contributed by atoms with Gasteiger partial charge < -0.3 is 5.73 Å². The van der Waals surface area contributed by atoms with Gasteiger partial charge in [0.15, 0.2) is 0 Å². The first-order chi connectivity index (χ1) is 10.3. The highest BCUT2D eigenvalue weighted by molar-refractivity contribution is 5.87. The molecule has 3 rings (SSSR count). The second kappa shape index (κ2) is 5.75. The van der Waals surface area contributed by atoms with E-state index in [0.717, 1.165) is 21.9 Å². The number of hydrogen-bond acceptors (Lipinski definition) is 2. The SMILES string of the molecule is NC(=O)C(Cc1cccc2cnccc12)c1ccccc1. The third kappa shape index (κ3) is 2.77. The number of nitrogens with zero attached hydrogens (tertiary/aromatic N) is 1. The van der Waals surface area contributed by atoms with Gasteiger partial charge in [-0.2, -0.15) is 0 Å². The van der Waals surface area contributed by atoms with Crippen LogP contribution in [0.15, 0.2) is 67.0 Å². The molecule has 104 valence electrons. The van der Waals surface area contributed by atoms with Crippen molar-refractivity contribution < 1.29 is 4.79 Å². The molecule has 1 aromatic heterocycles. The molecule has 3 heteroatoms. The topological polar surface area (TPSA) is 56.0 Å². The van der Waals surface area contributed by atoms with Gasteiger partial charge in [0.25, 0.3) is 0 Å². The normalized spacial score (nSPS) is 12.2. The second-order valence-electron chi connectivity index (χ2n) is 5.08. The quantitative estimate of drug-likeness (QED) is 0.796. The molecule has 1 atom stereocenters. The Balaban J connectivity index is 2.01. The van der Waals surface area contributed by atoms with Crippen molar-refractivity contribution in [2.75, 3.05) is 0 Å². The first kappa shape index (κ1) is 13.3. The maximum atomic E-state index is 11.9. The van der Waals surface area contributed by atoms with Crippen LogP contribution in [-0.4, -0.2) is 10.9 Å². The van der Waals surface area contributed by atoms with Crippen molar-refractivity contribution in [1.29, 1.82) is 0 Å². The molecule has 0 aliphatic rings. The van der Waals surface area contributed by atoms with Gasteiger partial charge in [-0.05, 0) is 29.0 Å². The van der Waals surface area contributed by atoms with Crippen LogP contribution in [0.5, 0.6) is 0 Å². The zero-order valence-electron chi connectivity index (χ0n) is 11.6. The molecule has 0 bridgehead atoms. The first-order valence-corrected chi connectivity index (χ1v) is 6.91. The lowest BCUT2D eigenvalue weighted by atomic mass is 9.89. The molecule has 0 saturated carbocycles. The number of hydrogen-bond donors (Lipinski definition) is 1. The van der Waals surface area contributed by atoms with Crippen LogP contribution in [0.25, 0.3) is 10.8 Å². The van der Waals surface area contributed by atoms with Crippen molar-refractivity contribution in [2.45, 2.75) is 12.3 Å². The molecular formula is C18H16N2O. The van der Waals surface area contributed by atoms with Crippen molar-refractivity contribution in [3.05, 3.63) is 78.1 Å². The van der Waals surface area contributed by atoms with Crippen LogP contribution in [0.1, 0.15) is 17.0 Å². The summed E-state index contributed by atoms with van der Waals surface area (Å²) in [6.45, 7) is 0. The van der Waals surface area contributed by atoms with Crippen molar-refractivity contribution in [2.24, 2.45) is 5.73 Å². The Bertz CT molecular complexity index is 763. The van der Waals surface area contributed by atoms with E-state index in [0.29, 0.717) is 6.42 Å². The number of pyridine rings is 1. The average Bonchev–Trinajstić information content (AvgIpc) is 2.53. The Labute approximate surface area is 123 Å². The molecule has 0 aliphatic heterocycles. The van der Waals surface area contributed by atoms with E-state index in [1.165, 1.54) is 0 Å². The molecule has 0 spiro atoms. The molecule has 1 heterocycles. The predicted molar refractivity (Wildman–Crippen MR) is 83.8 cm³/mol. The van der Waals surface area contributed by atoms with Crippen LogP contribution in [0, 0.1) is 0 Å². The lowest BCUT2D eigenvalue weighted by Crippen LogP contribution is -2.23. The van der Waals surface area contributed by atoms with Gasteiger partial charge in [-0.25, -0.2) is 0 Å². The van der Waals surface area contributed by atoms with Crippen molar-refractivity contribution in [3.63, 3.8) is 0 Å². The molecule has 3 nitrogen and oxygen atoms in total. The number of benzene rings is 2. The van der Waals surface area contributed by atoms with Gasteiger partial charge in [0, 0.05) is 17.8 Å². The Morgan fingerprint density at radius 2 is 1.86 bits per heavy atom. The largest absolute Gasteiger partial charge is 0.369 e. The molecule has 0 aliphatic carbocycles. The van der Waals surface area contributed by atoms with Crippen molar-refractivity contribution in [1.82, 2.24) is 4.98 Å². The summed E-state index contributed by atoms with van der Waals surface area (Å²) in [6, 6.07) is 17.7. The number of aromatic nitrogens is 1. The highest BCUT2D eigenvalue weighted by Crippen LogP contribution is 2.25. The van der Waals surface area contributed by atoms with Crippen LogP contribution in [0.3, 0.4) is 0 Å². The van der Waals surface area contributed by atoms with Crippen molar-refractivity contribution >= 4 is 16.7 Å². The Morgan fingerprint density at radius 1 is 1.05 bits per heavy atom. The predicted octanol–water partition coefficient (Wildman–Crippen LogP) is 3.05. The molecule has 2 N–H and O–H groups in total. The Kier molecular flexibility index (Phi) is 3.65. The van der Waals surface area contributed by atoms with E-state index in [1.54, 1.807) is 6.20 Å². The third-order valence-corrected chi connectivity index (χ3v) is 3.74. The summed E-state index contributed by atoms with van der Waals surface area (Å²) < 4.78 is 0. The molecule has 1 amide bonds. The van der Waals surface area contributed by atoms with E-state index in [-0.39, 0.29) is 11.8 Å². The van der Waals surface area contributed by atoms with E-state index < -0.39 is 0 Å². The summed E-state index contributed by atoms with van der Waals surface area (Å²) in [6.07, 6.45) is 4.20.